The number of nitrogens with zero attached hydrogens (tertiary/aromatic N) is 5. The molecule has 12 N–H and O–H groups in total. The molecule has 0 radical (unpaired) electrons. The highest BCUT2D eigenvalue weighted by Crippen LogP contribution is 2.21. The molecule has 1 aliphatic heterocycles. The summed E-state index contributed by atoms with van der Waals surface area (Å²) in [6, 6.07) is -0.945. The van der Waals surface area contributed by atoms with Crippen LogP contribution in [0.4, 0.5) is 0 Å². The maximum Gasteiger partial charge on any atom is 0.326 e. The summed E-state index contributed by atoms with van der Waals surface area (Å²) in [6.07, 6.45) is 2.12. The predicted molar refractivity (Wildman–Crippen MR) is 212 cm³/mol. The van der Waals surface area contributed by atoms with Crippen LogP contribution >= 0.6 is 0 Å². The zero-order chi connectivity index (χ0) is 42.7. The molecule has 1 aromatic carbocycles. The van der Waals surface area contributed by atoms with Crippen molar-refractivity contribution in [1.82, 2.24) is 26.2 Å². The summed E-state index contributed by atoms with van der Waals surface area (Å²) < 4.78 is 0. The first kappa shape index (κ1) is 47.5. The molecule has 7 atom stereocenters. The fraction of sp³-hybridized carbons (Fsp3) is 0.649. The molecule has 5 amide bonds. The predicted octanol–water partition coefficient (Wildman–Crippen LogP) is 0.513. The van der Waals surface area contributed by atoms with Gasteiger partial charge in [0.25, 0.3) is 0 Å². The molecular formula is C37H60N12O8. The monoisotopic (exact) mass is 800 g/mol. The molecule has 57 heavy (non-hydrogen) atoms. The van der Waals surface area contributed by atoms with Crippen LogP contribution in [-0.4, -0.2) is 112 Å². The molecule has 0 bridgehead atoms. The number of carbonyl (C=O) groups is 6. The molecule has 1 heterocycles. The third-order valence-electron chi connectivity index (χ3n) is 9.70. The average Bonchev–Trinajstić information content (AvgIpc) is 3.66. The first-order valence-electron chi connectivity index (χ1n) is 19.3. The van der Waals surface area contributed by atoms with Gasteiger partial charge >= 0.3 is 5.97 Å². The highest BCUT2D eigenvalue weighted by molar-refractivity contribution is 5.97. The van der Waals surface area contributed by atoms with E-state index in [1.807, 2.05) is 20.8 Å². The van der Waals surface area contributed by atoms with Crippen LogP contribution in [0.2, 0.25) is 0 Å². The Morgan fingerprint density at radius 1 is 0.930 bits per heavy atom. The number of likely N-dealkylation sites (tertiary alicyclic amines) is 1. The van der Waals surface area contributed by atoms with E-state index in [9.17, 15) is 39.0 Å². The van der Waals surface area contributed by atoms with Crippen molar-refractivity contribution in [2.45, 2.75) is 122 Å². The largest absolute Gasteiger partial charge is 0.508 e. The first-order chi connectivity index (χ1) is 27.0. The lowest BCUT2D eigenvalue weighted by Gasteiger charge is -2.31. The van der Waals surface area contributed by atoms with Crippen LogP contribution in [0.15, 0.2) is 34.4 Å². The first-order valence-corrected chi connectivity index (χ1v) is 19.3. The molecule has 316 valence electrons. The number of phenols is 1. The molecule has 1 saturated heterocycles. The third-order valence-corrected chi connectivity index (χ3v) is 9.70. The summed E-state index contributed by atoms with van der Waals surface area (Å²) in [5.41, 5.74) is 26.1. The number of carboxylic acid groups (broad SMARTS) is 1. The molecule has 0 unspecified atom stereocenters. The number of nitrogens with one attached hydrogen (secondary N) is 4. The number of carboxylic acids is 1. The average molecular weight is 801 g/mol. The number of guanidine groups is 1. The van der Waals surface area contributed by atoms with Gasteiger partial charge in [-0.2, -0.15) is 0 Å². The molecule has 0 aromatic heterocycles. The number of azide groups is 1. The summed E-state index contributed by atoms with van der Waals surface area (Å²) in [5.74, 6) is -5.19. The van der Waals surface area contributed by atoms with E-state index < -0.39 is 77.7 Å². The lowest BCUT2D eigenvalue weighted by atomic mass is 9.96. The zero-order valence-electron chi connectivity index (χ0n) is 33.2. The lowest BCUT2D eigenvalue weighted by Crippen LogP contribution is -2.60. The number of carbonyl (C=O) groups excluding carboxylic acids is 5. The molecule has 20 heteroatoms. The van der Waals surface area contributed by atoms with Crippen molar-refractivity contribution < 1.29 is 39.0 Å². The highest BCUT2D eigenvalue weighted by atomic mass is 16.4. The van der Waals surface area contributed by atoms with E-state index in [-0.39, 0.29) is 75.8 Å². The Morgan fingerprint density at radius 3 is 2.18 bits per heavy atom. The standard InChI is InChI=1S/C37H60N12O8/c1-5-22(4)30(34(54)45-28(36(56)57)19-21(2)3)46-32(52)27(20-23-12-14-24(50)15-13-23)44-33(53)29-11-8-18-49(29)35(55)26(10-7-17-42-37(39)40)43-31(51)25(47-48-41)9-6-16-38/h12-15,21-22,25-30,50H,5-11,16-20,38H2,1-4H3,(H,43,51)(H,44,53)(H,45,54)(H,46,52)(H,56,57)(H4,39,40,42)/t22-,25-,26-,27-,28-,29-,30-/m0/s1. The van der Waals surface area contributed by atoms with Gasteiger partial charge < -0.3 is 53.6 Å². The summed E-state index contributed by atoms with van der Waals surface area (Å²) >= 11 is 0. The van der Waals surface area contributed by atoms with E-state index in [0.29, 0.717) is 24.8 Å². The SMILES string of the molecule is CC[C@H](C)[C@H](NC(=O)[C@H](Cc1ccc(O)cc1)NC(=O)[C@@H]1CCCN1C(=O)[C@H](CCCN=C(N)N)NC(=O)[C@H](CCCN)N=[N+]=[N-])C(=O)N[C@@H](CC(C)C)C(=O)O. The van der Waals surface area contributed by atoms with Gasteiger partial charge in [-0.25, -0.2) is 4.79 Å². The number of aliphatic carboxylic acids is 1. The molecule has 1 aromatic rings. The van der Waals surface area contributed by atoms with E-state index in [1.54, 1.807) is 19.1 Å². The van der Waals surface area contributed by atoms with Gasteiger partial charge in [0, 0.05) is 24.4 Å². The van der Waals surface area contributed by atoms with Crippen molar-refractivity contribution in [1.29, 1.82) is 0 Å². The van der Waals surface area contributed by atoms with Crippen molar-refractivity contribution in [2.75, 3.05) is 19.6 Å². The molecule has 1 fully saturated rings. The normalized spacial score (nSPS) is 16.8. The molecule has 0 saturated carbocycles. The number of hydrogen-bond donors (Lipinski definition) is 9. The maximum absolute atomic E-state index is 14.1. The maximum atomic E-state index is 14.1. The molecule has 20 nitrogen and oxygen atoms in total. The second-order valence-electron chi connectivity index (χ2n) is 14.7. The molecule has 0 spiro atoms. The quantitative estimate of drug-likeness (QED) is 0.0173. The van der Waals surface area contributed by atoms with E-state index in [2.05, 4.69) is 36.3 Å². The van der Waals surface area contributed by atoms with Crippen LogP contribution in [0.1, 0.15) is 84.6 Å². The van der Waals surface area contributed by atoms with E-state index in [0.717, 1.165) is 0 Å². The van der Waals surface area contributed by atoms with Gasteiger partial charge in [0.2, 0.25) is 29.5 Å². The molecular weight excluding hydrogens is 740 g/mol. The minimum absolute atomic E-state index is 0.0168. The number of benzene rings is 1. The van der Waals surface area contributed by atoms with Crippen molar-refractivity contribution in [3.05, 3.63) is 40.3 Å². The van der Waals surface area contributed by atoms with Crippen molar-refractivity contribution >= 4 is 41.5 Å². The van der Waals surface area contributed by atoms with Crippen LogP contribution in [0.25, 0.3) is 10.4 Å². The van der Waals surface area contributed by atoms with Crippen LogP contribution < -0.4 is 38.5 Å². The van der Waals surface area contributed by atoms with Crippen LogP contribution in [0, 0.1) is 11.8 Å². The Bertz CT molecular complexity index is 1600. The number of rotatable bonds is 24. The summed E-state index contributed by atoms with van der Waals surface area (Å²) in [5, 5.41) is 33.9. The van der Waals surface area contributed by atoms with E-state index in [4.69, 9.17) is 22.7 Å². The highest BCUT2D eigenvalue weighted by Gasteiger charge is 2.40. The number of hydrogen-bond acceptors (Lipinski definition) is 10. The van der Waals surface area contributed by atoms with E-state index in [1.165, 1.54) is 17.0 Å². The van der Waals surface area contributed by atoms with Gasteiger partial charge in [0.1, 0.15) is 42.0 Å². The van der Waals surface area contributed by atoms with Crippen LogP contribution in [0.5, 0.6) is 5.75 Å². The number of nitrogens with two attached hydrogens (primary N) is 3. The smallest absolute Gasteiger partial charge is 0.326 e. The number of amides is 5. The van der Waals surface area contributed by atoms with Crippen LogP contribution in [0.3, 0.4) is 0 Å². The van der Waals surface area contributed by atoms with Gasteiger partial charge in [-0.15, -0.1) is 0 Å². The van der Waals surface area contributed by atoms with Crippen molar-refractivity contribution in [3.8, 4) is 5.75 Å². The van der Waals surface area contributed by atoms with E-state index >= 15 is 0 Å². The Kier molecular flexibility index (Phi) is 20.1. The van der Waals surface area contributed by atoms with Crippen molar-refractivity contribution in [2.24, 2.45) is 39.1 Å². The second-order valence-corrected chi connectivity index (χ2v) is 14.7. The Labute approximate surface area is 332 Å². The molecule has 2 rings (SSSR count). The minimum atomic E-state index is -1.27. The summed E-state index contributed by atoms with van der Waals surface area (Å²) in [6.45, 7) is 7.75. The number of aliphatic imine (C=N–C) groups is 1. The van der Waals surface area contributed by atoms with Gasteiger partial charge in [0.05, 0.1) is 0 Å². The number of aromatic hydroxyl groups is 1. The number of phenolic OH excluding ortho intramolecular Hbond substituents is 1. The zero-order valence-corrected chi connectivity index (χ0v) is 33.2. The Balaban J connectivity index is 2.41. The van der Waals surface area contributed by atoms with Gasteiger partial charge in [-0.05, 0) is 86.6 Å². The lowest BCUT2D eigenvalue weighted by molar-refractivity contribution is -0.143. The van der Waals surface area contributed by atoms with Gasteiger partial charge in [0.15, 0.2) is 5.96 Å². The Morgan fingerprint density at radius 2 is 1.60 bits per heavy atom. The second kappa shape index (κ2) is 24.1. The minimum Gasteiger partial charge on any atom is -0.508 e. The summed E-state index contributed by atoms with van der Waals surface area (Å²) in [4.78, 5) is 89.0. The molecule has 1 aliphatic rings. The van der Waals surface area contributed by atoms with Crippen molar-refractivity contribution in [3.63, 3.8) is 0 Å². The van der Waals surface area contributed by atoms with Crippen LogP contribution in [-0.2, 0) is 35.2 Å². The summed E-state index contributed by atoms with van der Waals surface area (Å²) in [7, 11) is 0. The molecule has 0 aliphatic carbocycles. The fourth-order valence-electron chi connectivity index (χ4n) is 6.40. The Hall–Kier alpha value is -5.62. The third kappa shape index (κ3) is 15.8. The topological polar surface area (TPSA) is 333 Å². The fourth-order valence-corrected chi connectivity index (χ4v) is 6.40. The van der Waals surface area contributed by atoms with Gasteiger partial charge in [-0.3, -0.25) is 29.0 Å². The van der Waals surface area contributed by atoms with Gasteiger partial charge in [-0.1, -0.05) is 51.4 Å².